The lowest BCUT2D eigenvalue weighted by atomic mass is 9.92. The molecule has 0 saturated heterocycles. The molecule has 0 radical (unpaired) electrons. The monoisotopic (exact) mass is 1870 g/mol. The maximum absolute atomic E-state index is 16.3. The summed E-state index contributed by atoms with van der Waals surface area (Å²) in [5.74, 6) is 0.874. The van der Waals surface area contributed by atoms with E-state index in [0.29, 0.717) is 48.5 Å². The zero-order valence-corrected chi connectivity index (χ0v) is 86.4. The molecule has 0 fully saturated rings. The summed E-state index contributed by atoms with van der Waals surface area (Å²) in [7, 11) is 0. The van der Waals surface area contributed by atoms with Crippen molar-refractivity contribution in [2.24, 2.45) is 23.7 Å². The molecule has 5 aromatic carbocycles. The van der Waals surface area contributed by atoms with Gasteiger partial charge in [0.1, 0.15) is 0 Å². The van der Waals surface area contributed by atoms with Crippen molar-refractivity contribution in [3.05, 3.63) is 222 Å². The summed E-state index contributed by atoms with van der Waals surface area (Å²) in [6.07, 6.45) is 40.2. The average molecular weight is 1880 g/mol. The van der Waals surface area contributed by atoms with Crippen molar-refractivity contribution < 1.29 is 19.2 Å². The third-order valence-electron chi connectivity index (χ3n) is 28.8. The quantitative estimate of drug-likeness (QED) is 0.0356. The smallest absolute Gasteiger partial charge is 0.261 e. The lowest BCUT2D eigenvalue weighted by molar-refractivity contribution is -0.124. The second kappa shape index (κ2) is 47.4. The molecule has 0 N–H and O–H groups in total. The second-order valence-corrected chi connectivity index (χ2v) is 44.8. The van der Waals surface area contributed by atoms with Crippen LogP contribution in [0.3, 0.4) is 0 Å². The van der Waals surface area contributed by atoms with Gasteiger partial charge in [0.2, 0.25) is 0 Å². The summed E-state index contributed by atoms with van der Waals surface area (Å²) in [4.78, 5) is 84.1. The molecule has 0 saturated carbocycles. The normalized spacial score (nSPS) is 15.2. The van der Waals surface area contributed by atoms with Crippen LogP contribution in [0.1, 0.15) is 330 Å². The number of rotatable bonds is 54. The molecular weight excluding hydrogens is 1730 g/mol. The van der Waals surface area contributed by atoms with Gasteiger partial charge < -0.3 is 19.6 Å². The average Bonchev–Trinajstić information content (AvgIpc) is 1.56. The lowest BCUT2D eigenvalue weighted by Gasteiger charge is -2.29. The lowest BCUT2D eigenvalue weighted by Crippen LogP contribution is -2.34. The third kappa shape index (κ3) is 22.0. The van der Waals surface area contributed by atoms with Gasteiger partial charge in [-0.05, 0) is 206 Å². The van der Waals surface area contributed by atoms with Crippen LogP contribution in [0.5, 0.6) is 0 Å². The molecule has 15 rings (SSSR count). The standard InChI is InChI=1S/C118H146N4O4S6/c1-13-25-33-37-45-83-49-57-87(58-50-83)93-65-69-97(127-93)109-105-107(117(125)119(109)75-79(21-9)41-29-17-5)111(121(115(105)123)77-81(23-11)43-31-19-7)99-71-67-95(129-99)101-73-91-103(89-61-53-85(54-62-89)47-39-35-27-15-3)114-92(104(113(91)131-101)90-63-55-86(56-64-90)48-40-36-28-16-4)74-102(132-114)96-68-72-100(130-96)112-108-106(116(124)122(112)78-82(24-12)44-32-20-8)110(120(118(108)126)76-80(22-10)42-30-18-6)98-70-66-94(128-98)88-59-51-84(52-60-88)46-38-34-26-14-2/h49-74,79-82H,13-48,75-78H2,1-12H3. The van der Waals surface area contributed by atoms with Crippen molar-refractivity contribution in [3.63, 3.8) is 0 Å². The van der Waals surface area contributed by atoms with Crippen LogP contribution < -0.4 is 0 Å². The Balaban J connectivity index is 0.889. The molecule has 4 amide bonds. The molecule has 14 heteroatoms. The van der Waals surface area contributed by atoms with Gasteiger partial charge in [-0.15, -0.1) is 68.0 Å². The molecule has 132 heavy (non-hydrogen) atoms. The molecule has 0 spiro atoms. The summed E-state index contributed by atoms with van der Waals surface area (Å²) in [5, 5.41) is 2.41. The van der Waals surface area contributed by atoms with Crippen LogP contribution in [0.4, 0.5) is 0 Å². The number of carbonyl (C=O) groups is 4. The summed E-state index contributed by atoms with van der Waals surface area (Å²) >= 11 is 10.6. The molecule has 0 aliphatic carbocycles. The van der Waals surface area contributed by atoms with Crippen LogP contribution in [-0.2, 0) is 44.9 Å². The molecule has 698 valence electrons. The molecule has 6 aromatic heterocycles. The van der Waals surface area contributed by atoms with Gasteiger partial charge >= 0.3 is 0 Å². The first-order chi connectivity index (χ1) is 64.6. The number of thiophene rings is 6. The van der Waals surface area contributed by atoms with Crippen LogP contribution in [0.25, 0.3) is 106 Å². The molecule has 8 nitrogen and oxygen atoms in total. The fourth-order valence-electron chi connectivity index (χ4n) is 20.6. The van der Waals surface area contributed by atoms with E-state index in [1.54, 1.807) is 45.3 Å². The van der Waals surface area contributed by atoms with Gasteiger partial charge in [-0.25, -0.2) is 0 Å². The minimum atomic E-state index is -0.0492. The van der Waals surface area contributed by atoms with Crippen molar-refractivity contribution in [1.29, 1.82) is 0 Å². The molecule has 4 aliphatic heterocycles. The van der Waals surface area contributed by atoms with E-state index in [-0.39, 0.29) is 47.3 Å². The molecule has 10 heterocycles. The van der Waals surface area contributed by atoms with Crippen LogP contribution in [-0.4, -0.2) is 69.4 Å². The van der Waals surface area contributed by atoms with E-state index in [4.69, 9.17) is 0 Å². The van der Waals surface area contributed by atoms with Gasteiger partial charge in [-0.1, -0.05) is 334 Å². The number of aryl methyl sites for hydroxylation is 4. The number of carbonyl (C=O) groups excluding carboxylic acids is 4. The van der Waals surface area contributed by atoms with Crippen LogP contribution in [0.15, 0.2) is 180 Å². The summed E-state index contributed by atoms with van der Waals surface area (Å²) in [6.45, 7) is 29.5. The largest absolute Gasteiger partial charge is 0.306 e. The first-order valence-electron chi connectivity index (χ1n) is 51.7. The maximum Gasteiger partial charge on any atom is 0.261 e. The van der Waals surface area contributed by atoms with E-state index in [1.165, 1.54) is 155 Å². The third-order valence-corrected chi connectivity index (χ3v) is 36.0. The van der Waals surface area contributed by atoms with E-state index >= 15 is 19.2 Å². The molecule has 4 atom stereocenters. The number of hydrogen-bond acceptors (Lipinski definition) is 10. The van der Waals surface area contributed by atoms with Crippen LogP contribution >= 0.6 is 68.0 Å². The summed E-state index contributed by atoms with van der Waals surface area (Å²) < 4.78 is 2.45. The van der Waals surface area contributed by atoms with E-state index in [1.807, 2.05) is 32.5 Å². The second-order valence-electron chi connectivity index (χ2n) is 38.4. The van der Waals surface area contributed by atoms with Crippen LogP contribution in [0, 0.1) is 23.7 Å². The maximum atomic E-state index is 16.3. The Morgan fingerprint density at radius 2 is 0.455 bits per heavy atom. The van der Waals surface area contributed by atoms with Crippen molar-refractivity contribution in [1.82, 2.24) is 19.6 Å². The first-order valence-corrected chi connectivity index (χ1v) is 56.6. The minimum Gasteiger partial charge on any atom is -0.306 e. The molecule has 4 unspecified atom stereocenters. The molecule has 0 bridgehead atoms. The fourth-order valence-corrected chi connectivity index (χ4v) is 27.5. The van der Waals surface area contributed by atoms with Crippen molar-refractivity contribution in [3.8, 4) is 62.6 Å². The van der Waals surface area contributed by atoms with Gasteiger partial charge in [0.25, 0.3) is 23.6 Å². The van der Waals surface area contributed by atoms with E-state index in [9.17, 15) is 0 Å². The molecular formula is C118H146N4O4S6. The predicted octanol–water partition coefficient (Wildman–Crippen LogP) is 35.3. The van der Waals surface area contributed by atoms with Crippen LogP contribution in [0.2, 0.25) is 0 Å². The highest BCUT2D eigenvalue weighted by Crippen LogP contribution is 2.58. The highest BCUT2D eigenvalue weighted by Gasteiger charge is 2.52. The summed E-state index contributed by atoms with van der Waals surface area (Å²) in [6, 6.07) is 60.2. The van der Waals surface area contributed by atoms with E-state index in [0.717, 1.165) is 224 Å². The topological polar surface area (TPSA) is 81.2 Å². The fraction of sp³-hybridized carbons (Fsp3) is 0.475. The number of fused-ring (bicyclic) bond motifs is 4. The molecule has 4 aliphatic rings. The Hall–Kier alpha value is -8.34. The number of hydrogen-bond donors (Lipinski definition) is 0. The van der Waals surface area contributed by atoms with E-state index < -0.39 is 0 Å². The van der Waals surface area contributed by atoms with Gasteiger partial charge in [-0.3, -0.25) is 19.2 Å². The Bertz CT molecular complexity index is 5460. The number of benzene rings is 5. The van der Waals surface area contributed by atoms with Crippen molar-refractivity contribution in [2.45, 2.75) is 314 Å². The SMILES string of the molecule is CCCCCCc1ccc(-c2ccc(C3=C4C(=O)N(CC(CC)CCCC)C(c5ccc(-c6cc7c(-c8ccc(CCCCCC)cc8)c8sc(-c9ccc(C%10=C%11C(=O)N(CC(CC)CCCC)C(c%12ccc(-c%13ccc(CCCCCC)cc%13)s%12)=C%11C(=O)N%10CC(CC)CCCC)s9)cc8c(-c8ccc(CCCCCC)cc8)c7s6)s5)=C4C(=O)N3CC(CC)CCCC)s2)cc1. The molecule has 11 aromatic rings. The Morgan fingerprint density at radius 1 is 0.227 bits per heavy atom. The number of nitrogens with zero attached hydrogens (tertiary/aromatic N) is 4. The van der Waals surface area contributed by atoms with E-state index in [2.05, 4.69) is 251 Å². The zero-order chi connectivity index (χ0) is 92.3. The van der Waals surface area contributed by atoms with Gasteiger partial charge in [0.15, 0.2) is 0 Å². The van der Waals surface area contributed by atoms with Gasteiger partial charge in [-0.2, -0.15) is 0 Å². The minimum absolute atomic E-state index is 0.0492. The van der Waals surface area contributed by atoms with Crippen molar-refractivity contribution >= 4 is 135 Å². The van der Waals surface area contributed by atoms with Gasteiger partial charge in [0.05, 0.1) is 64.6 Å². The Labute approximate surface area is 815 Å². The van der Waals surface area contributed by atoms with Crippen molar-refractivity contribution in [2.75, 3.05) is 26.2 Å². The Kier molecular flexibility index (Phi) is 35.3. The number of unbranched alkanes of at least 4 members (excludes halogenated alkanes) is 16. The first kappa shape index (κ1) is 98.2. The predicted molar refractivity (Wildman–Crippen MR) is 573 cm³/mol. The zero-order valence-electron chi connectivity index (χ0n) is 81.5. The Morgan fingerprint density at radius 3 is 0.697 bits per heavy atom. The van der Waals surface area contributed by atoms with Gasteiger partial charge in [0, 0.05) is 86.7 Å². The highest BCUT2D eigenvalue weighted by atomic mass is 32.1. The highest BCUT2D eigenvalue weighted by molar-refractivity contribution is 7.28. The summed E-state index contributed by atoms with van der Waals surface area (Å²) in [5.41, 5.74) is 18.0. The number of amides is 4.